The Hall–Kier alpha value is -1.67. The van der Waals surface area contributed by atoms with Gasteiger partial charge in [-0.15, -0.1) is 0 Å². The Kier molecular flexibility index (Phi) is 7.44. The van der Waals surface area contributed by atoms with Crippen LogP contribution in [-0.2, 0) is 24.1 Å². The van der Waals surface area contributed by atoms with Crippen LogP contribution < -0.4 is 0 Å². The van der Waals surface area contributed by atoms with E-state index in [1.807, 2.05) is 0 Å². The Bertz CT molecular complexity index is 804. The van der Waals surface area contributed by atoms with E-state index in [0.717, 1.165) is 6.04 Å². The summed E-state index contributed by atoms with van der Waals surface area (Å²) in [5.41, 5.74) is 0.250. The number of sulfone groups is 1. The summed E-state index contributed by atoms with van der Waals surface area (Å²) in [6.45, 7) is 6.94. The molecule has 1 saturated carbocycles. The number of carbonyl (C=O) groups excluding carboxylic acids is 2. The van der Waals surface area contributed by atoms with Gasteiger partial charge in [0.15, 0.2) is 9.84 Å². The van der Waals surface area contributed by atoms with Gasteiger partial charge in [-0.1, -0.05) is 25.7 Å². The average molecular weight is 427 g/mol. The highest BCUT2D eigenvalue weighted by atomic mass is 32.2. The van der Waals surface area contributed by atoms with Gasteiger partial charge < -0.3 is 9.47 Å². The summed E-state index contributed by atoms with van der Waals surface area (Å²) in [6, 6.07) is 6.92. The van der Waals surface area contributed by atoms with Gasteiger partial charge in [-0.3, -0.25) is 4.79 Å². The lowest BCUT2D eigenvalue weighted by Gasteiger charge is -2.26. The monoisotopic (exact) mass is 426 g/mol. The normalized spacial score (nSPS) is 20.4. The molecule has 0 unspecified atom stereocenters. The number of methoxy groups -OCH3 is 1. The van der Waals surface area contributed by atoms with E-state index < -0.39 is 29.1 Å². The molecule has 6 nitrogen and oxygen atoms in total. The summed E-state index contributed by atoms with van der Waals surface area (Å²) in [5.74, 6) is -1.01. The fourth-order valence-corrected chi connectivity index (χ4v) is 5.85. The fraction of sp³-hybridized carbons (Fsp3) is 0.600. The Balaban J connectivity index is 2.06. The van der Waals surface area contributed by atoms with Crippen LogP contribution in [0.2, 0.25) is 25.7 Å². The lowest BCUT2D eigenvalue weighted by molar-refractivity contribution is -0.146. The lowest BCUT2D eigenvalue weighted by atomic mass is 9.89. The highest BCUT2D eigenvalue weighted by Gasteiger charge is 2.35. The molecule has 2 rings (SSSR count). The summed E-state index contributed by atoms with van der Waals surface area (Å²) in [4.78, 5) is 24.1. The predicted octanol–water partition coefficient (Wildman–Crippen LogP) is 3.69. The summed E-state index contributed by atoms with van der Waals surface area (Å²) in [6.07, 6.45) is 1.81. The molecule has 1 aliphatic rings. The van der Waals surface area contributed by atoms with E-state index in [1.165, 1.54) is 19.2 Å². The van der Waals surface area contributed by atoms with Gasteiger partial charge in [0.2, 0.25) is 0 Å². The molecule has 0 atom stereocenters. The molecule has 0 amide bonds. The highest BCUT2D eigenvalue weighted by molar-refractivity contribution is 7.92. The maximum absolute atomic E-state index is 13.0. The first-order chi connectivity index (χ1) is 13.0. The summed E-state index contributed by atoms with van der Waals surface area (Å²) in [5, 5.41) is -0.549. The molecule has 8 heteroatoms. The molecule has 0 radical (unpaired) electrons. The average Bonchev–Trinajstić information content (AvgIpc) is 2.66. The van der Waals surface area contributed by atoms with Crippen molar-refractivity contribution in [3.63, 3.8) is 0 Å². The molecular formula is C20H30O6SSi. The van der Waals surface area contributed by atoms with Crippen LogP contribution in [0.15, 0.2) is 29.2 Å². The third kappa shape index (κ3) is 5.91. The topological polar surface area (TPSA) is 86.7 Å². The van der Waals surface area contributed by atoms with Gasteiger partial charge in [0, 0.05) is 8.07 Å². The van der Waals surface area contributed by atoms with Crippen molar-refractivity contribution in [2.75, 3.05) is 13.7 Å². The molecule has 0 N–H and O–H groups in total. The van der Waals surface area contributed by atoms with Gasteiger partial charge in [0.25, 0.3) is 0 Å². The van der Waals surface area contributed by atoms with E-state index in [0.29, 0.717) is 32.3 Å². The Morgan fingerprint density at radius 1 is 1.11 bits per heavy atom. The molecule has 0 spiro atoms. The maximum Gasteiger partial charge on any atom is 0.338 e. The lowest BCUT2D eigenvalue weighted by Crippen LogP contribution is -2.30. The zero-order valence-electron chi connectivity index (χ0n) is 17.1. The number of rotatable bonds is 7. The van der Waals surface area contributed by atoms with Crippen LogP contribution in [-0.4, -0.2) is 47.4 Å². The van der Waals surface area contributed by atoms with Crippen molar-refractivity contribution in [1.29, 1.82) is 0 Å². The molecule has 0 aromatic heterocycles. The van der Waals surface area contributed by atoms with E-state index in [2.05, 4.69) is 19.6 Å². The molecule has 1 fully saturated rings. The summed E-state index contributed by atoms with van der Waals surface area (Å²) in [7, 11) is -3.54. The fourth-order valence-electron chi connectivity index (χ4n) is 3.30. The molecule has 156 valence electrons. The third-order valence-electron chi connectivity index (χ3n) is 5.13. The van der Waals surface area contributed by atoms with E-state index >= 15 is 0 Å². The van der Waals surface area contributed by atoms with Gasteiger partial charge in [-0.25, -0.2) is 13.2 Å². The predicted molar refractivity (Wildman–Crippen MR) is 110 cm³/mol. The second kappa shape index (κ2) is 9.22. The van der Waals surface area contributed by atoms with E-state index in [4.69, 9.17) is 9.47 Å². The highest BCUT2D eigenvalue weighted by Crippen LogP contribution is 2.32. The zero-order chi connectivity index (χ0) is 20.9. The SMILES string of the molecule is COC(=O)C1CCC(S(=O)(=O)c2cccc(C(=O)OCC[Si](C)(C)C)c2)CC1. The minimum atomic E-state index is -3.57. The van der Waals surface area contributed by atoms with Crippen LogP contribution in [0.4, 0.5) is 0 Å². The smallest absolute Gasteiger partial charge is 0.338 e. The molecule has 1 aromatic rings. The standard InChI is InChI=1S/C20H30O6SSi/c1-25-19(21)15-8-10-17(11-9-15)27(23,24)18-7-5-6-16(14-18)20(22)26-12-13-28(2,3)4/h5-7,14-15,17H,8-13H2,1-4H3. The van der Waals surface area contributed by atoms with Crippen LogP contribution in [0.5, 0.6) is 0 Å². The number of carbonyl (C=O) groups is 2. The molecule has 0 aliphatic heterocycles. The van der Waals surface area contributed by atoms with Gasteiger partial charge in [0.05, 0.1) is 35.3 Å². The molecular weight excluding hydrogens is 396 g/mol. The van der Waals surface area contributed by atoms with Gasteiger partial charge >= 0.3 is 11.9 Å². The quantitative estimate of drug-likeness (QED) is 0.488. The molecule has 1 aromatic carbocycles. The van der Waals surface area contributed by atoms with Crippen LogP contribution in [0, 0.1) is 5.92 Å². The summed E-state index contributed by atoms with van der Waals surface area (Å²) < 4.78 is 36.1. The van der Waals surface area contributed by atoms with E-state index in [1.54, 1.807) is 12.1 Å². The first kappa shape index (κ1) is 22.6. The van der Waals surface area contributed by atoms with Crippen LogP contribution in [0.1, 0.15) is 36.0 Å². The van der Waals surface area contributed by atoms with Crippen molar-refractivity contribution in [2.24, 2.45) is 5.92 Å². The first-order valence-electron chi connectivity index (χ1n) is 9.63. The van der Waals surface area contributed by atoms with Crippen molar-refractivity contribution in [1.82, 2.24) is 0 Å². The van der Waals surface area contributed by atoms with Crippen molar-refractivity contribution >= 4 is 29.8 Å². The zero-order valence-corrected chi connectivity index (χ0v) is 18.9. The number of ether oxygens (including phenoxy) is 2. The Labute approximate surface area is 168 Å². The Morgan fingerprint density at radius 2 is 1.75 bits per heavy atom. The molecule has 0 bridgehead atoms. The minimum Gasteiger partial charge on any atom is -0.469 e. The Morgan fingerprint density at radius 3 is 2.32 bits per heavy atom. The van der Waals surface area contributed by atoms with Gasteiger partial charge in [0.1, 0.15) is 0 Å². The van der Waals surface area contributed by atoms with Crippen molar-refractivity contribution < 1.29 is 27.5 Å². The number of esters is 2. The minimum absolute atomic E-state index is 0.133. The largest absolute Gasteiger partial charge is 0.469 e. The van der Waals surface area contributed by atoms with Crippen molar-refractivity contribution in [2.45, 2.75) is 61.5 Å². The second-order valence-electron chi connectivity index (χ2n) is 8.52. The first-order valence-corrected chi connectivity index (χ1v) is 14.9. The number of benzene rings is 1. The third-order valence-corrected chi connectivity index (χ3v) is 9.10. The molecule has 0 saturated heterocycles. The molecule has 1 aliphatic carbocycles. The van der Waals surface area contributed by atoms with E-state index in [-0.39, 0.29) is 22.3 Å². The van der Waals surface area contributed by atoms with Gasteiger partial charge in [-0.2, -0.15) is 0 Å². The summed E-state index contributed by atoms with van der Waals surface area (Å²) >= 11 is 0. The van der Waals surface area contributed by atoms with Crippen LogP contribution >= 0.6 is 0 Å². The van der Waals surface area contributed by atoms with Gasteiger partial charge in [-0.05, 0) is 49.9 Å². The number of hydrogen-bond acceptors (Lipinski definition) is 6. The maximum atomic E-state index is 13.0. The van der Waals surface area contributed by atoms with Crippen molar-refractivity contribution in [3.05, 3.63) is 29.8 Å². The number of hydrogen-bond donors (Lipinski definition) is 0. The van der Waals surface area contributed by atoms with Crippen LogP contribution in [0.3, 0.4) is 0 Å². The van der Waals surface area contributed by atoms with E-state index in [9.17, 15) is 18.0 Å². The molecule has 0 heterocycles. The van der Waals surface area contributed by atoms with Crippen LogP contribution in [0.25, 0.3) is 0 Å². The van der Waals surface area contributed by atoms with Crippen molar-refractivity contribution in [3.8, 4) is 0 Å². The second-order valence-corrected chi connectivity index (χ2v) is 16.4. The molecule has 28 heavy (non-hydrogen) atoms.